The van der Waals surface area contributed by atoms with Crippen LogP contribution in [0.4, 0.5) is 9.52 Å². The van der Waals surface area contributed by atoms with Gasteiger partial charge in [0.05, 0.1) is 6.61 Å². The summed E-state index contributed by atoms with van der Waals surface area (Å²) in [4.78, 5) is 2.29. The molecule has 1 saturated heterocycles. The van der Waals surface area contributed by atoms with Gasteiger partial charge in [-0.1, -0.05) is 23.1 Å². The van der Waals surface area contributed by atoms with Crippen molar-refractivity contribution in [3.05, 3.63) is 30.1 Å². The lowest BCUT2D eigenvalue weighted by Gasteiger charge is -2.10. The van der Waals surface area contributed by atoms with E-state index in [1.807, 2.05) is 0 Å². The second-order valence-corrected chi connectivity index (χ2v) is 6.99. The number of anilines is 1. The molecule has 0 atom stereocenters. The van der Waals surface area contributed by atoms with Crippen LogP contribution in [0, 0.1) is 5.82 Å². The zero-order valence-electron chi connectivity index (χ0n) is 11.5. The average molecular weight is 325 g/mol. The van der Waals surface area contributed by atoms with E-state index in [2.05, 4.69) is 15.1 Å². The lowest BCUT2D eigenvalue weighted by molar-refractivity contribution is 0.343. The van der Waals surface area contributed by atoms with Gasteiger partial charge in [-0.25, -0.2) is 4.39 Å². The predicted octanol–water partition coefficient (Wildman–Crippen LogP) is 3.45. The van der Waals surface area contributed by atoms with Crippen LogP contribution in [0.15, 0.2) is 28.6 Å². The number of rotatable bonds is 6. The molecule has 7 heteroatoms. The van der Waals surface area contributed by atoms with Crippen molar-refractivity contribution < 1.29 is 9.13 Å². The van der Waals surface area contributed by atoms with Crippen molar-refractivity contribution in [2.75, 3.05) is 30.3 Å². The molecule has 1 aliphatic heterocycles. The zero-order chi connectivity index (χ0) is 14.5. The molecule has 0 bridgehead atoms. The largest absolute Gasteiger partial charge is 0.493 e. The molecule has 0 aliphatic carbocycles. The van der Waals surface area contributed by atoms with Crippen LogP contribution < -0.4 is 9.64 Å². The molecule has 0 saturated carbocycles. The van der Waals surface area contributed by atoms with Crippen LogP contribution >= 0.6 is 23.1 Å². The van der Waals surface area contributed by atoms with Crippen LogP contribution in [0.1, 0.15) is 12.8 Å². The number of hydrogen-bond acceptors (Lipinski definition) is 6. The van der Waals surface area contributed by atoms with Crippen molar-refractivity contribution in [3.8, 4) is 5.75 Å². The lowest BCUT2D eigenvalue weighted by atomic mass is 10.3. The SMILES string of the molecule is Fc1ccc(OCCSc2nnc(N3CCCC3)s2)cc1. The topological polar surface area (TPSA) is 38.3 Å². The normalized spacial score (nSPS) is 14.6. The van der Waals surface area contributed by atoms with E-state index < -0.39 is 0 Å². The van der Waals surface area contributed by atoms with Crippen molar-refractivity contribution >= 4 is 28.2 Å². The summed E-state index contributed by atoms with van der Waals surface area (Å²) in [6, 6.07) is 6.07. The van der Waals surface area contributed by atoms with Crippen molar-refractivity contribution in [1.82, 2.24) is 10.2 Å². The van der Waals surface area contributed by atoms with Crippen LogP contribution in [0.3, 0.4) is 0 Å². The number of aromatic nitrogens is 2. The molecular weight excluding hydrogens is 309 g/mol. The Bertz CT molecular complexity index is 570. The maximum absolute atomic E-state index is 12.7. The van der Waals surface area contributed by atoms with Gasteiger partial charge in [-0.05, 0) is 37.1 Å². The summed E-state index contributed by atoms with van der Waals surface area (Å²) in [5.41, 5.74) is 0. The first-order chi connectivity index (χ1) is 10.3. The molecular formula is C14H16FN3OS2. The summed E-state index contributed by atoms with van der Waals surface area (Å²) in [5.74, 6) is 1.23. The lowest BCUT2D eigenvalue weighted by Crippen LogP contribution is -2.17. The summed E-state index contributed by atoms with van der Waals surface area (Å²) in [7, 11) is 0. The number of thioether (sulfide) groups is 1. The number of benzene rings is 1. The fourth-order valence-corrected chi connectivity index (χ4v) is 3.90. The molecule has 0 N–H and O–H groups in total. The highest BCUT2D eigenvalue weighted by atomic mass is 32.2. The van der Waals surface area contributed by atoms with Crippen LogP contribution in [-0.4, -0.2) is 35.6 Å². The molecule has 0 radical (unpaired) electrons. The van der Waals surface area contributed by atoms with Gasteiger partial charge in [-0.15, -0.1) is 10.2 Å². The fourth-order valence-electron chi connectivity index (χ4n) is 2.12. The molecule has 21 heavy (non-hydrogen) atoms. The standard InChI is InChI=1S/C14H16FN3OS2/c15-11-3-5-12(6-4-11)19-9-10-20-14-17-16-13(21-14)18-7-1-2-8-18/h3-6H,1-2,7-10H2. The Morgan fingerprint density at radius 1 is 1.19 bits per heavy atom. The quantitative estimate of drug-likeness (QED) is 0.601. The molecule has 1 fully saturated rings. The Hall–Kier alpha value is -1.34. The Balaban J connectivity index is 1.42. The summed E-state index contributed by atoms with van der Waals surface area (Å²) in [6.45, 7) is 2.74. The molecule has 2 heterocycles. The van der Waals surface area contributed by atoms with Gasteiger partial charge in [0.1, 0.15) is 11.6 Å². The van der Waals surface area contributed by atoms with Crippen LogP contribution in [0.2, 0.25) is 0 Å². The minimum absolute atomic E-state index is 0.250. The van der Waals surface area contributed by atoms with Gasteiger partial charge in [0.2, 0.25) is 5.13 Å². The second kappa shape index (κ2) is 7.09. The molecule has 3 rings (SSSR count). The molecule has 1 aromatic heterocycles. The minimum atomic E-state index is -0.250. The molecule has 0 unspecified atom stereocenters. The molecule has 1 aliphatic rings. The molecule has 0 spiro atoms. The smallest absolute Gasteiger partial charge is 0.209 e. The molecule has 1 aromatic carbocycles. The zero-order valence-corrected chi connectivity index (χ0v) is 13.1. The maximum atomic E-state index is 12.7. The molecule has 4 nitrogen and oxygen atoms in total. The van der Waals surface area contributed by atoms with Gasteiger partial charge < -0.3 is 9.64 Å². The Morgan fingerprint density at radius 3 is 2.71 bits per heavy atom. The first kappa shape index (κ1) is 14.6. The monoisotopic (exact) mass is 325 g/mol. The van der Waals surface area contributed by atoms with Gasteiger partial charge in [-0.3, -0.25) is 0 Å². The predicted molar refractivity (Wildman–Crippen MR) is 84.0 cm³/mol. The van der Waals surface area contributed by atoms with Gasteiger partial charge in [0, 0.05) is 18.8 Å². The van der Waals surface area contributed by atoms with Crippen LogP contribution in [0.25, 0.3) is 0 Å². The Kier molecular flexibility index (Phi) is 4.92. The van der Waals surface area contributed by atoms with E-state index in [0.29, 0.717) is 12.4 Å². The third-order valence-electron chi connectivity index (χ3n) is 3.16. The highest BCUT2D eigenvalue weighted by molar-refractivity contribution is 8.01. The highest BCUT2D eigenvalue weighted by Crippen LogP contribution is 2.29. The first-order valence-corrected chi connectivity index (χ1v) is 8.71. The Labute approximate surface area is 131 Å². The van der Waals surface area contributed by atoms with Crippen LogP contribution in [-0.2, 0) is 0 Å². The number of hydrogen-bond donors (Lipinski definition) is 0. The fraction of sp³-hybridized carbons (Fsp3) is 0.429. The van der Waals surface area contributed by atoms with E-state index in [4.69, 9.17) is 4.74 Å². The summed E-state index contributed by atoms with van der Waals surface area (Å²) in [6.07, 6.45) is 2.49. The van der Waals surface area contributed by atoms with E-state index >= 15 is 0 Å². The second-order valence-electron chi connectivity index (χ2n) is 4.70. The number of halogens is 1. The van der Waals surface area contributed by atoms with Crippen molar-refractivity contribution in [2.45, 2.75) is 17.2 Å². The average Bonchev–Trinajstić information content (AvgIpc) is 3.16. The van der Waals surface area contributed by atoms with Gasteiger partial charge in [0.25, 0.3) is 0 Å². The minimum Gasteiger partial charge on any atom is -0.493 e. The third-order valence-corrected chi connectivity index (χ3v) is 5.25. The number of ether oxygens (including phenoxy) is 1. The molecule has 0 amide bonds. The van der Waals surface area contributed by atoms with Crippen molar-refractivity contribution in [2.24, 2.45) is 0 Å². The molecule has 112 valence electrons. The van der Waals surface area contributed by atoms with E-state index in [-0.39, 0.29) is 5.82 Å². The van der Waals surface area contributed by atoms with Gasteiger partial charge in [0.15, 0.2) is 4.34 Å². The van der Waals surface area contributed by atoms with E-state index in [1.54, 1.807) is 35.2 Å². The van der Waals surface area contributed by atoms with E-state index in [0.717, 1.165) is 28.3 Å². The van der Waals surface area contributed by atoms with Gasteiger partial charge >= 0.3 is 0 Å². The van der Waals surface area contributed by atoms with Gasteiger partial charge in [-0.2, -0.15) is 0 Å². The highest BCUT2D eigenvalue weighted by Gasteiger charge is 2.16. The van der Waals surface area contributed by atoms with Crippen molar-refractivity contribution in [1.29, 1.82) is 0 Å². The summed E-state index contributed by atoms with van der Waals surface area (Å²) >= 11 is 3.28. The van der Waals surface area contributed by atoms with E-state index in [9.17, 15) is 4.39 Å². The summed E-state index contributed by atoms with van der Waals surface area (Å²) < 4.78 is 19.3. The van der Waals surface area contributed by atoms with E-state index in [1.165, 1.54) is 25.0 Å². The van der Waals surface area contributed by atoms with Crippen LogP contribution in [0.5, 0.6) is 5.75 Å². The maximum Gasteiger partial charge on any atom is 0.209 e. The first-order valence-electron chi connectivity index (χ1n) is 6.91. The summed E-state index contributed by atoms with van der Waals surface area (Å²) in [5, 5.41) is 9.46. The molecule has 2 aromatic rings. The number of nitrogens with zero attached hydrogens (tertiary/aromatic N) is 3. The van der Waals surface area contributed by atoms with Crippen molar-refractivity contribution in [3.63, 3.8) is 0 Å². The Morgan fingerprint density at radius 2 is 1.95 bits per heavy atom. The third kappa shape index (κ3) is 4.07.